The number of hydrogen-bond donors (Lipinski definition) is 2. The molecule has 1 aromatic carbocycles. The number of H-pyrrole nitrogens is 1. The van der Waals surface area contributed by atoms with Crippen LogP contribution >= 0.6 is 15.9 Å². The molecular weight excluding hydrogens is 308 g/mol. The van der Waals surface area contributed by atoms with Crippen LogP contribution < -0.4 is 5.32 Å². The molecule has 0 aliphatic rings. The lowest BCUT2D eigenvalue weighted by molar-refractivity contribution is 0.101. The highest BCUT2D eigenvalue weighted by molar-refractivity contribution is 9.10. The van der Waals surface area contributed by atoms with Crippen molar-refractivity contribution in [2.24, 2.45) is 7.05 Å². The van der Waals surface area contributed by atoms with Crippen molar-refractivity contribution in [3.05, 3.63) is 46.8 Å². The maximum Gasteiger partial charge on any atom is 0.272 e. The first-order chi connectivity index (χ1) is 9.13. The second-order valence-corrected chi connectivity index (χ2v) is 5.20. The highest BCUT2D eigenvalue weighted by Crippen LogP contribution is 2.19. The number of carbonyl (C=O) groups is 1. The number of aryl methyl sites for hydroxylation is 1. The molecule has 5 nitrogen and oxygen atoms in total. The first-order valence-corrected chi connectivity index (χ1v) is 6.49. The lowest BCUT2D eigenvalue weighted by Gasteiger charge is -2.06. The van der Waals surface area contributed by atoms with Gasteiger partial charge in [0.05, 0.1) is 11.7 Å². The van der Waals surface area contributed by atoms with Gasteiger partial charge in [0, 0.05) is 28.8 Å². The van der Waals surface area contributed by atoms with E-state index in [2.05, 4.69) is 31.4 Å². The van der Waals surface area contributed by atoms with E-state index in [1.165, 1.54) is 0 Å². The topological polar surface area (TPSA) is 62.7 Å². The Kier molecular flexibility index (Phi) is 2.87. The molecule has 6 heteroatoms. The van der Waals surface area contributed by atoms with Gasteiger partial charge in [-0.1, -0.05) is 0 Å². The van der Waals surface area contributed by atoms with Gasteiger partial charge in [0.2, 0.25) is 0 Å². The average Bonchev–Trinajstić information content (AvgIpc) is 2.94. The van der Waals surface area contributed by atoms with E-state index < -0.39 is 0 Å². The van der Waals surface area contributed by atoms with Crippen molar-refractivity contribution in [2.75, 3.05) is 5.32 Å². The number of anilines is 1. The van der Waals surface area contributed by atoms with Gasteiger partial charge in [-0.3, -0.25) is 9.89 Å². The van der Waals surface area contributed by atoms with Crippen LogP contribution in [0.5, 0.6) is 0 Å². The molecule has 3 aromatic rings. The van der Waals surface area contributed by atoms with E-state index >= 15 is 0 Å². The van der Waals surface area contributed by atoms with Crippen LogP contribution in [0.2, 0.25) is 0 Å². The van der Waals surface area contributed by atoms with E-state index in [1.54, 1.807) is 16.8 Å². The number of nitrogens with one attached hydrogen (secondary N) is 2. The van der Waals surface area contributed by atoms with Gasteiger partial charge in [0.25, 0.3) is 5.91 Å². The monoisotopic (exact) mass is 318 g/mol. The lowest BCUT2D eigenvalue weighted by atomic mass is 10.2. The highest BCUT2D eigenvalue weighted by Gasteiger charge is 2.11. The van der Waals surface area contributed by atoms with Crippen LogP contribution in [0.1, 0.15) is 10.5 Å². The molecule has 1 amide bonds. The van der Waals surface area contributed by atoms with Gasteiger partial charge in [-0.15, -0.1) is 0 Å². The van der Waals surface area contributed by atoms with Gasteiger partial charge in [-0.2, -0.15) is 5.10 Å². The summed E-state index contributed by atoms with van der Waals surface area (Å²) < 4.78 is 2.65. The molecule has 0 atom stereocenters. The number of aromatic amines is 1. The fraction of sp³-hybridized carbons (Fsp3) is 0.0769. The zero-order valence-corrected chi connectivity index (χ0v) is 11.7. The molecule has 0 radical (unpaired) electrons. The Hall–Kier alpha value is -2.08. The summed E-state index contributed by atoms with van der Waals surface area (Å²) in [5, 5.41) is 10.7. The smallest absolute Gasteiger partial charge is 0.272 e. The molecule has 0 fully saturated rings. The number of benzene rings is 1. The van der Waals surface area contributed by atoms with Crippen molar-refractivity contribution in [1.29, 1.82) is 0 Å². The summed E-state index contributed by atoms with van der Waals surface area (Å²) in [4.78, 5) is 12.1. The third-order valence-corrected chi connectivity index (χ3v) is 3.34. The van der Waals surface area contributed by atoms with E-state index in [4.69, 9.17) is 0 Å². The van der Waals surface area contributed by atoms with Crippen molar-refractivity contribution in [1.82, 2.24) is 14.8 Å². The van der Waals surface area contributed by atoms with Gasteiger partial charge in [-0.05, 0) is 40.2 Å². The third-order valence-electron chi connectivity index (χ3n) is 2.90. The summed E-state index contributed by atoms with van der Waals surface area (Å²) in [6.45, 7) is 0. The number of hydrogen-bond acceptors (Lipinski definition) is 2. The number of nitrogens with zero attached hydrogens (tertiary/aromatic N) is 2. The molecule has 0 spiro atoms. The first-order valence-electron chi connectivity index (χ1n) is 5.70. The largest absolute Gasteiger partial charge is 0.345 e. The highest BCUT2D eigenvalue weighted by atomic mass is 79.9. The quantitative estimate of drug-likeness (QED) is 0.763. The molecule has 19 heavy (non-hydrogen) atoms. The summed E-state index contributed by atoms with van der Waals surface area (Å²) in [7, 11) is 1.83. The van der Waals surface area contributed by atoms with Gasteiger partial charge >= 0.3 is 0 Å². The molecule has 2 aromatic heterocycles. The zero-order chi connectivity index (χ0) is 13.4. The summed E-state index contributed by atoms with van der Waals surface area (Å²) in [5.41, 5.74) is 2.22. The minimum absolute atomic E-state index is 0.146. The van der Waals surface area contributed by atoms with Gasteiger partial charge < -0.3 is 9.88 Å². The number of amides is 1. The minimum atomic E-state index is -0.146. The molecule has 2 N–H and O–H groups in total. The molecule has 2 heterocycles. The maximum atomic E-state index is 12.1. The number of halogens is 1. The number of carbonyl (C=O) groups excluding carboxylic acids is 1. The van der Waals surface area contributed by atoms with E-state index in [-0.39, 0.29) is 5.91 Å². The predicted octanol–water partition coefficient (Wildman–Crippen LogP) is 2.92. The van der Waals surface area contributed by atoms with Crippen molar-refractivity contribution < 1.29 is 4.79 Å². The normalized spacial score (nSPS) is 10.8. The SMILES string of the molecule is Cn1cc(Br)cc1C(=O)Nc1ccc2cn[nH]c2c1. The second kappa shape index (κ2) is 4.55. The molecule has 0 aliphatic carbocycles. The Balaban J connectivity index is 1.88. The molecule has 0 aliphatic heterocycles. The Bertz CT molecular complexity index is 759. The molecular formula is C13H11BrN4O. The number of aromatic nitrogens is 3. The standard InChI is InChI=1S/C13H11BrN4O/c1-18-7-9(14)4-12(18)13(19)16-10-3-2-8-6-15-17-11(8)5-10/h2-7H,1H3,(H,15,17)(H,16,19). The average molecular weight is 319 g/mol. The summed E-state index contributed by atoms with van der Waals surface area (Å²) in [5.74, 6) is -0.146. The fourth-order valence-corrected chi connectivity index (χ4v) is 2.48. The Morgan fingerprint density at radius 1 is 1.42 bits per heavy atom. The van der Waals surface area contributed by atoms with E-state index in [0.717, 1.165) is 21.1 Å². The molecule has 0 saturated heterocycles. The van der Waals surface area contributed by atoms with E-state index in [1.807, 2.05) is 31.4 Å². The second-order valence-electron chi connectivity index (χ2n) is 4.28. The van der Waals surface area contributed by atoms with Crippen LogP contribution in [0.4, 0.5) is 5.69 Å². The van der Waals surface area contributed by atoms with Gasteiger partial charge in [-0.25, -0.2) is 0 Å². The minimum Gasteiger partial charge on any atom is -0.345 e. The van der Waals surface area contributed by atoms with Gasteiger partial charge in [0.15, 0.2) is 0 Å². The summed E-state index contributed by atoms with van der Waals surface area (Å²) in [6.07, 6.45) is 3.59. The maximum absolute atomic E-state index is 12.1. The summed E-state index contributed by atoms with van der Waals surface area (Å²) >= 11 is 3.35. The fourth-order valence-electron chi connectivity index (χ4n) is 1.96. The first kappa shape index (κ1) is 12.0. The van der Waals surface area contributed by atoms with Crippen molar-refractivity contribution in [2.45, 2.75) is 0 Å². The van der Waals surface area contributed by atoms with Crippen LogP contribution in [0.15, 0.2) is 41.1 Å². The van der Waals surface area contributed by atoms with Crippen LogP contribution in [-0.4, -0.2) is 20.7 Å². The molecule has 0 unspecified atom stereocenters. The number of rotatable bonds is 2. The summed E-state index contributed by atoms with van der Waals surface area (Å²) in [6, 6.07) is 7.41. The van der Waals surface area contributed by atoms with Crippen molar-refractivity contribution in [3.63, 3.8) is 0 Å². The molecule has 0 bridgehead atoms. The van der Waals surface area contributed by atoms with Crippen LogP contribution in [0.25, 0.3) is 10.9 Å². The van der Waals surface area contributed by atoms with Crippen molar-refractivity contribution in [3.8, 4) is 0 Å². The number of fused-ring (bicyclic) bond motifs is 1. The lowest BCUT2D eigenvalue weighted by Crippen LogP contribution is -2.15. The molecule has 0 saturated carbocycles. The zero-order valence-electron chi connectivity index (χ0n) is 10.1. The van der Waals surface area contributed by atoms with Gasteiger partial charge in [0.1, 0.15) is 5.69 Å². The van der Waals surface area contributed by atoms with Crippen LogP contribution in [0.3, 0.4) is 0 Å². The molecule has 96 valence electrons. The van der Waals surface area contributed by atoms with Crippen molar-refractivity contribution >= 4 is 38.4 Å². The predicted molar refractivity (Wildman–Crippen MR) is 77.2 cm³/mol. The Morgan fingerprint density at radius 3 is 3.00 bits per heavy atom. The van der Waals surface area contributed by atoms with E-state index in [9.17, 15) is 4.79 Å². The molecule has 3 rings (SSSR count). The third kappa shape index (κ3) is 2.26. The Labute approximate surface area is 117 Å². The van der Waals surface area contributed by atoms with E-state index in [0.29, 0.717) is 5.69 Å². The van der Waals surface area contributed by atoms with Crippen LogP contribution in [0, 0.1) is 0 Å². The Morgan fingerprint density at radius 2 is 2.26 bits per heavy atom. The van der Waals surface area contributed by atoms with Crippen LogP contribution in [-0.2, 0) is 7.05 Å².